The molecule has 0 amide bonds. The van der Waals surface area contributed by atoms with Gasteiger partial charge in [0.2, 0.25) is 0 Å². The summed E-state index contributed by atoms with van der Waals surface area (Å²) >= 11 is 0. The summed E-state index contributed by atoms with van der Waals surface area (Å²) in [6.45, 7) is 0. The van der Waals surface area contributed by atoms with Crippen LogP contribution in [0.3, 0.4) is 0 Å². The van der Waals surface area contributed by atoms with E-state index in [4.69, 9.17) is 14.2 Å². The lowest BCUT2D eigenvalue weighted by Gasteiger charge is -2.15. The second-order valence-electron chi connectivity index (χ2n) is 5.65. The molecule has 26 heavy (non-hydrogen) atoms. The number of hydrogen-bond donors (Lipinski definition) is 0. The molecule has 0 aliphatic carbocycles. The van der Waals surface area contributed by atoms with Gasteiger partial charge in [0.15, 0.2) is 11.5 Å². The Hall–Kier alpha value is -2.89. The first-order chi connectivity index (χ1) is 12.4. The fraction of sp³-hybridized carbons (Fsp3) is 0.200. The third kappa shape index (κ3) is 3.14. The molecule has 0 N–H and O–H groups in total. The number of benzene rings is 3. The van der Waals surface area contributed by atoms with Crippen LogP contribution in [0.5, 0.6) is 17.2 Å². The van der Waals surface area contributed by atoms with Gasteiger partial charge in [-0.05, 0) is 35.4 Å². The highest BCUT2D eigenvalue weighted by Crippen LogP contribution is 2.42. The molecule has 0 fully saturated rings. The quantitative estimate of drug-likeness (QED) is 0.609. The molecule has 0 saturated carbocycles. The van der Waals surface area contributed by atoms with Crippen LogP contribution in [-0.4, -0.2) is 21.3 Å². The molecule has 0 spiro atoms. The van der Waals surface area contributed by atoms with Gasteiger partial charge >= 0.3 is 6.18 Å². The second-order valence-corrected chi connectivity index (χ2v) is 5.65. The van der Waals surface area contributed by atoms with Crippen molar-refractivity contribution in [2.45, 2.75) is 6.18 Å². The standard InChI is InChI=1S/C20H17F3O3/c1-24-17-11-18(25-2)19(26-3)15-9-6-13(10-16(15)17)12-4-7-14(8-5-12)20(21,22)23/h4-11H,1-3H3. The van der Waals surface area contributed by atoms with Crippen LogP contribution in [0.2, 0.25) is 0 Å². The van der Waals surface area contributed by atoms with Crippen molar-refractivity contribution >= 4 is 10.8 Å². The molecule has 0 atom stereocenters. The van der Waals surface area contributed by atoms with Crippen LogP contribution in [0, 0.1) is 0 Å². The number of methoxy groups -OCH3 is 3. The van der Waals surface area contributed by atoms with Crippen molar-refractivity contribution in [2.24, 2.45) is 0 Å². The van der Waals surface area contributed by atoms with E-state index in [1.807, 2.05) is 18.2 Å². The largest absolute Gasteiger partial charge is 0.496 e. The topological polar surface area (TPSA) is 27.7 Å². The van der Waals surface area contributed by atoms with Gasteiger partial charge in [0.05, 0.1) is 26.9 Å². The van der Waals surface area contributed by atoms with E-state index in [0.717, 1.165) is 28.5 Å². The maximum Gasteiger partial charge on any atom is 0.416 e. The highest BCUT2D eigenvalue weighted by Gasteiger charge is 2.30. The van der Waals surface area contributed by atoms with Crippen LogP contribution >= 0.6 is 0 Å². The van der Waals surface area contributed by atoms with E-state index in [9.17, 15) is 13.2 Å². The molecule has 0 radical (unpaired) electrons. The molecular formula is C20H17F3O3. The number of halogens is 3. The lowest BCUT2D eigenvalue weighted by molar-refractivity contribution is -0.137. The van der Waals surface area contributed by atoms with Gasteiger partial charge in [-0.15, -0.1) is 0 Å². The van der Waals surface area contributed by atoms with Crippen molar-refractivity contribution in [2.75, 3.05) is 21.3 Å². The van der Waals surface area contributed by atoms with Gasteiger partial charge in [0.1, 0.15) is 5.75 Å². The zero-order chi connectivity index (χ0) is 18.9. The first-order valence-corrected chi connectivity index (χ1v) is 7.79. The zero-order valence-corrected chi connectivity index (χ0v) is 14.5. The summed E-state index contributed by atoms with van der Waals surface area (Å²) in [7, 11) is 4.64. The van der Waals surface area contributed by atoms with Gasteiger partial charge in [-0.2, -0.15) is 13.2 Å². The lowest BCUT2D eigenvalue weighted by atomic mass is 9.99. The Morgan fingerprint density at radius 1 is 0.654 bits per heavy atom. The average molecular weight is 362 g/mol. The summed E-state index contributed by atoms with van der Waals surface area (Å²) in [6.07, 6.45) is -4.35. The number of alkyl halides is 3. The van der Waals surface area contributed by atoms with Gasteiger partial charge < -0.3 is 14.2 Å². The Labute approximate surface area is 148 Å². The first-order valence-electron chi connectivity index (χ1n) is 7.79. The summed E-state index contributed by atoms with van der Waals surface area (Å²) in [5.74, 6) is 1.70. The molecule has 3 nitrogen and oxygen atoms in total. The van der Waals surface area contributed by atoms with E-state index >= 15 is 0 Å². The van der Waals surface area contributed by atoms with Crippen LogP contribution in [-0.2, 0) is 6.18 Å². The van der Waals surface area contributed by atoms with Gasteiger partial charge in [-0.25, -0.2) is 0 Å². The van der Waals surface area contributed by atoms with Crippen molar-refractivity contribution in [3.63, 3.8) is 0 Å². The van der Waals surface area contributed by atoms with Crippen LogP contribution in [0.15, 0.2) is 48.5 Å². The molecule has 0 aliphatic rings. The highest BCUT2D eigenvalue weighted by atomic mass is 19.4. The lowest BCUT2D eigenvalue weighted by Crippen LogP contribution is -2.03. The van der Waals surface area contributed by atoms with E-state index in [2.05, 4.69) is 0 Å². The van der Waals surface area contributed by atoms with Gasteiger partial charge in [-0.3, -0.25) is 0 Å². The molecule has 6 heteroatoms. The van der Waals surface area contributed by atoms with E-state index in [-0.39, 0.29) is 0 Å². The second kappa shape index (κ2) is 6.78. The molecule has 0 unspecified atom stereocenters. The smallest absolute Gasteiger partial charge is 0.416 e. The minimum atomic E-state index is -4.35. The third-order valence-electron chi connectivity index (χ3n) is 4.21. The van der Waals surface area contributed by atoms with Gasteiger partial charge in [0, 0.05) is 16.8 Å². The molecule has 136 valence electrons. The maximum absolute atomic E-state index is 12.7. The molecule has 0 saturated heterocycles. The fourth-order valence-electron chi connectivity index (χ4n) is 2.90. The Balaban J connectivity index is 2.14. The fourth-order valence-corrected chi connectivity index (χ4v) is 2.90. The van der Waals surface area contributed by atoms with E-state index in [1.54, 1.807) is 27.4 Å². The van der Waals surface area contributed by atoms with Crippen molar-refractivity contribution in [1.29, 1.82) is 0 Å². The van der Waals surface area contributed by atoms with Crippen LogP contribution in [0.1, 0.15) is 5.56 Å². The average Bonchev–Trinajstić information content (AvgIpc) is 2.65. The summed E-state index contributed by atoms with van der Waals surface area (Å²) < 4.78 is 54.4. The maximum atomic E-state index is 12.7. The van der Waals surface area contributed by atoms with E-state index in [1.165, 1.54) is 12.1 Å². The number of rotatable bonds is 4. The number of hydrogen-bond acceptors (Lipinski definition) is 3. The minimum absolute atomic E-state index is 0.541. The molecule has 3 aromatic carbocycles. The van der Waals surface area contributed by atoms with Crippen LogP contribution in [0.4, 0.5) is 13.2 Å². The third-order valence-corrected chi connectivity index (χ3v) is 4.21. The van der Waals surface area contributed by atoms with Crippen LogP contribution < -0.4 is 14.2 Å². The SMILES string of the molecule is COc1cc(OC)c2cc(-c3ccc(C(F)(F)F)cc3)ccc2c1OC. The summed E-state index contributed by atoms with van der Waals surface area (Å²) in [6, 6.07) is 12.3. The Bertz CT molecular complexity index is 932. The highest BCUT2D eigenvalue weighted by molar-refractivity contribution is 5.98. The van der Waals surface area contributed by atoms with Gasteiger partial charge in [0.25, 0.3) is 0 Å². The van der Waals surface area contributed by atoms with Crippen molar-refractivity contribution in [1.82, 2.24) is 0 Å². The van der Waals surface area contributed by atoms with E-state index in [0.29, 0.717) is 22.8 Å². The Morgan fingerprint density at radius 3 is 1.81 bits per heavy atom. The molecule has 3 aromatic rings. The van der Waals surface area contributed by atoms with Crippen LogP contribution in [0.25, 0.3) is 21.9 Å². The summed E-state index contributed by atoms with van der Waals surface area (Å²) in [5.41, 5.74) is 0.777. The molecule has 3 rings (SSSR count). The predicted molar refractivity (Wildman–Crippen MR) is 94.0 cm³/mol. The Morgan fingerprint density at radius 2 is 1.27 bits per heavy atom. The minimum Gasteiger partial charge on any atom is -0.496 e. The monoisotopic (exact) mass is 362 g/mol. The number of fused-ring (bicyclic) bond motifs is 1. The summed E-state index contributed by atoms with van der Waals surface area (Å²) in [5, 5.41) is 1.57. The van der Waals surface area contributed by atoms with Crippen molar-refractivity contribution < 1.29 is 27.4 Å². The van der Waals surface area contributed by atoms with Gasteiger partial charge in [-0.1, -0.05) is 18.2 Å². The molecule has 0 bridgehead atoms. The first kappa shape index (κ1) is 17.9. The molecule has 0 aromatic heterocycles. The van der Waals surface area contributed by atoms with E-state index < -0.39 is 11.7 Å². The normalized spacial score (nSPS) is 11.5. The predicted octanol–water partition coefficient (Wildman–Crippen LogP) is 5.55. The summed E-state index contributed by atoms with van der Waals surface area (Å²) in [4.78, 5) is 0. The molecule has 0 heterocycles. The van der Waals surface area contributed by atoms with Crippen molar-refractivity contribution in [3.8, 4) is 28.4 Å². The Kier molecular flexibility index (Phi) is 4.68. The van der Waals surface area contributed by atoms with Crippen molar-refractivity contribution in [3.05, 3.63) is 54.1 Å². The molecular weight excluding hydrogens is 345 g/mol. The zero-order valence-electron chi connectivity index (χ0n) is 14.5. The molecule has 0 aliphatic heterocycles. The number of ether oxygens (including phenoxy) is 3.